The molecule has 0 aliphatic carbocycles. The first-order chi connectivity index (χ1) is 18.1. The van der Waals surface area contributed by atoms with Gasteiger partial charge >= 0.3 is 0 Å². The van der Waals surface area contributed by atoms with Gasteiger partial charge in [0.05, 0.1) is 51.6 Å². The van der Waals surface area contributed by atoms with E-state index in [1.54, 1.807) is 54.9 Å². The molecule has 178 valence electrons. The van der Waals surface area contributed by atoms with Gasteiger partial charge in [-0.15, -0.1) is 0 Å². The monoisotopic (exact) mass is 502 g/mol. The quantitative estimate of drug-likeness (QED) is 0.342. The molecule has 0 fully saturated rings. The summed E-state index contributed by atoms with van der Waals surface area (Å²) in [4.78, 5) is 33.1. The summed E-state index contributed by atoms with van der Waals surface area (Å²) >= 11 is 1.37. The van der Waals surface area contributed by atoms with Crippen LogP contribution in [-0.4, -0.2) is 30.7 Å². The van der Waals surface area contributed by atoms with E-state index in [2.05, 4.69) is 31.0 Å². The molecule has 5 rings (SSSR count). The average molecular weight is 503 g/mol. The van der Waals surface area contributed by atoms with Crippen LogP contribution < -0.4 is 5.73 Å². The summed E-state index contributed by atoms with van der Waals surface area (Å²) in [5.74, 6) is -0.0548. The van der Waals surface area contributed by atoms with Gasteiger partial charge in [0, 0.05) is 23.5 Å². The van der Waals surface area contributed by atoms with E-state index < -0.39 is 0 Å². The van der Waals surface area contributed by atoms with Crippen molar-refractivity contribution in [1.29, 1.82) is 10.5 Å². The van der Waals surface area contributed by atoms with Crippen molar-refractivity contribution in [1.82, 2.24) is 24.9 Å². The normalized spacial score (nSPS) is 9.89. The van der Waals surface area contributed by atoms with Crippen LogP contribution in [0.3, 0.4) is 0 Å². The summed E-state index contributed by atoms with van der Waals surface area (Å²) in [6, 6.07) is 21.6. The van der Waals surface area contributed by atoms with Gasteiger partial charge in [0.1, 0.15) is 12.7 Å². The van der Waals surface area contributed by atoms with Crippen LogP contribution in [-0.2, 0) is 6.42 Å². The summed E-state index contributed by atoms with van der Waals surface area (Å²) in [5.41, 5.74) is 10.5. The van der Waals surface area contributed by atoms with Crippen molar-refractivity contribution < 1.29 is 4.79 Å². The fraction of sp³-hybridized carbons (Fsp3) is 0.0370. The maximum absolute atomic E-state index is 11.9. The largest absolute Gasteiger partial charge is 0.375 e. The van der Waals surface area contributed by atoms with Crippen molar-refractivity contribution >= 4 is 22.3 Å². The van der Waals surface area contributed by atoms with E-state index in [-0.39, 0.29) is 12.2 Å². The van der Waals surface area contributed by atoms with E-state index in [0.717, 1.165) is 21.8 Å². The van der Waals surface area contributed by atoms with Crippen molar-refractivity contribution in [2.45, 2.75) is 6.42 Å². The Labute approximate surface area is 216 Å². The molecule has 9 nitrogen and oxygen atoms in total. The Hall–Kier alpha value is -5.32. The van der Waals surface area contributed by atoms with Gasteiger partial charge in [0.2, 0.25) is 0 Å². The lowest BCUT2D eigenvalue weighted by molar-refractivity contribution is 0.0992. The second kappa shape index (κ2) is 11.9. The molecule has 0 spiro atoms. The minimum Gasteiger partial charge on any atom is -0.375 e. The lowest BCUT2D eigenvalue weighted by atomic mass is 10.0. The number of nitrogen functional groups attached to an aromatic ring is 1. The molecule has 10 heteroatoms. The highest BCUT2D eigenvalue weighted by Crippen LogP contribution is 2.36. The number of anilines is 1. The van der Waals surface area contributed by atoms with Crippen molar-refractivity contribution in [3.05, 3.63) is 108 Å². The number of ketones is 1. The highest BCUT2D eigenvalue weighted by atomic mass is 32.1. The molecule has 0 atom stereocenters. The molecular weight excluding hydrogens is 484 g/mol. The third-order valence-electron chi connectivity index (χ3n) is 5.02. The zero-order chi connectivity index (χ0) is 26.0. The van der Waals surface area contributed by atoms with Crippen LogP contribution in [0.2, 0.25) is 0 Å². The average Bonchev–Trinajstić information content (AvgIpc) is 3.36. The highest BCUT2D eigenvalue weighted by molar-refractivity contribution is 7.19. The second-order valence-electron chi connectivity index (χ2n) is 7.51. The number of hydrogen-bond donors (Lipinski definition) is 1. The zero-order valence-electron chi connectivity index (χ0n) is 19.3. The summed E-state index contributed by atoms with van der Waals surface area (Å²) in [5, 5.41) is 18.2. The highest BCUT2D eigenvalue weighted by Gasteiger charge is 2.15. The number of benzene rings is 2. The van der Waals surface area contributed by atoms with Crippen LogP contribution >= 0.6 is 11.3 Å². The van der Waals surface area contributed by atoms with Crippen LogP contribution in [0, 0.1) is 22.7 Å². The van der Waals surface area contributed by atoms with Gasteiger partial charge in [-0.3, -0.25) is 4.79 Å². The number of thiazole rings is 1. The fourth-order valence-electron chi connectivity index (χ4n) is 3.32. The standard InChI is InChI=1S/C14H9N5S.C13H9N3O/c15-7-9-2-1-3-10(6-9)12-13(20-14(16)19-12)11-4-5-17-8-18-11;14-8-10-2-1-3-11(6-10)13(17)7-12-4-5-15-9-16-12/h1-6,8H,(H2,16,19);1-6,9H,7H2. The second-order valence-corrected chi connectivity index (χ2v) is 8.54. The van der Waals surface area contributed by atoms with Gasteiger partial charge in [-0.2, -0.15) is 10.5 Å². The summed E-state index contributed by atoms with van der Waals surface area (Å²) in [6.07, 6.45) is 6.39. The molecule has 2 aromatic carbocycles. The lowest BCUT2D eigenvalue weighted by Gasteiger charge is -2.02. The molecule has 0 bridgehead atoms. The van der Waals surface area contributed by atoms with E-state index >= 15 is 0 Å². The Morgan fingerprint density at radius 3 is 2.27 bits per heavy atom. The van der Waals surface area contributed by atoms with Crippen LogP contribution in [0.4, 0.5) is 5.13 Å². The molecule has 0 amide bonds. The van der Waals surface area contributed by atoms with E-state index in [4.69, 9.17) is 16.3 Å². The van der Waals surface area contributed by atoms with E-state index in [1.165, 1.54) is 24.0 Å². The minimum absolute atomic E-state index is 0.0548. The number of carbonyl (C=O) groups excluding carboxylic acids is 1. The Bertz CT molecular complexity index is 1610. The van der Waals surface area contributed by atoms with Crippen LogP contribution in [0.1, 0.15) is 27.2 Å². The topological polar surface area (TPSA) is 155 Å². The predicted molar refractivity (Wildman–Crippen MR) is 139 cm³/mol. The van der Waals surface area contributed by atoms with Crippen LogP contribution in [0.25, 0.3) is 21.8 Å². The number of rotatable bonds is 5. The molecule has 0 unspecified atom stereocenters. The molecule has 0 aliphatic heterocycles. The lowest BCUT2D eigenvalue weighted by Crippen LogP contribution is -2.05. The molecule has 3 aromatic heterocycles. The van der Waals surface area contributed by atoms with Gasteiger partial charge in [-0.1, -0.05) is 35.6 Å². The van der Waals surface area contributed by atoms with Crippen molar-refractivity contribution in [2.24, 2.45) is 0 Å². The molecule has 0 saturated carbocycles. The first kappa shape index (κ1) is 24.8. The Morgan fingerprint density at radius 2 is 1.59 bits per heavy atom. The molecule has 5 aromatic rings. The van der Waals surface area contributed by atoms with Gasteiger partial charge in [-0.05, 0) is 36.4 Å². The molecule has 37 heavy (non-hydrogen) atoms. The molecule has 3 heterocycles. The Kier molecular flexibility index (Phi) is 7.97. The zero-order valence-corrected chi connectivity index (χ0v) is 20.1. The van der Waals surface area contributed by atoms with Crippen molar-refractivity contribution in [2.75, 3.05) is 5.73 Å². The number of carbonyl (C=O) groups is 1. The predicted octanol–water partition coefficient (Wildman–Crippen LogP) is 4.49. The number of hydrogen-bond acceptors (Lipinski definition) is 10. The summed E-state index contributed by atoms with van der Waals surface area (Å²) < 4.78 is 0. The summed E-state index contributed by atoms with van der Waals surface area (Å²) in [7, 11) is 0. The van der Waals surface area contributed by atoms with E-state index in [1.807, 2.05) is 24.3 Å². The Balaban J connectivity index is 0.000000176. The Morgan fingerprint density at radius 1 is 0.892 bits per heavy atom. The number of nitrogens with two attached hydrogens (primary N) is 1. The third-order valence-corrected chi connectivity index (χ3v) is 5.93. The first-order valence-corrected chi connectivity index (χ1v) is 11.7. The van der Waals surface area contributed by atoms with Gasteiger partial charge in [0.25, 0.3) is 0 Å². The fourth-order valence-corrected chi connectivity index (χ4v) is 4.15. The van der Waals surface area contributed by atoms with Crippen LogP contribution in [0.5, 0.6) is 0 Å². The number of nitriles is 2. The first-order valence-electron chi connectivity index (χ1n) is 10.9. The third kappa shape index (κ3) is 6.42. The maximum atomic E-state index is 11.9. The SMILES string of the molecule is N#Cc1cccc(-c2nc(N)sc2-c2ccncn2)c1.N#Cc1cccc(C(=O)Cc2ccncn2)c1. The van der Waals surface area contributed by atoms with E-state index in [0.29, 0.717) is 27.5 Å². The van der Waals surface area contributed by atoms with Gasteiger partial charge in [-0.25, -0.2) is 24.9 Å². The number of Topliss-reactive ketones (excluding diaryl/α,β-unsaturated/α-hetero) is 1. The number of nitrogens with zero attached hydrogens (tertiary/aromatic N) is 7. The smallest absolute Gasteiger partial charge is 0.181 e. The maximum Gasteiger partial charge on any atom is 0.181 e. The molecular formula is C27H18N8OS. The molecule has 0 aliphatic rings. The summed E-state index contributed by atoms with van der Waals surface area (Å²) in [6.45, 7) is 0. The van der Waals surface area contributed by atoms with E-state index in [9.17, 15) is 4.79 Å². The minimum atomic E-state index is -0.0548. The van der Waals surface area contributed by atoms with Crippen LogP contribution in [0.15, 0.2) is 85.7 Å². The molecule has 0 saturated heterocycles. The number of aromatic nitrogens is 5. The molecule has 0 radical (unpaired) electrons. The van der Waals surface area contributed by atoms with Gasteiger partial charge in [0.15, 0.2) is 10.9 Å². The molecule has 2 N–H and O–H groups in total. The van der Waals surface area contributed by atoms with Crippen molar-refractivity contribution in [3.8, 4) is 34.0 Å². The van der Waals surface area contributed by atoms with Crippen molar-refractivity contribution in [3.63, 3.8) is 0 Å². The van der Waals surface area contributed by atoms with Gasteiger partial charge < -0.3 is 5.73 Å².